The molecule has 3 nitrogen and oxygen atoms in total. The second-order valence-corrected chi connectivity index (χ2v) is 4.82. The fourth-order valence-corrected chi connectivity index (χ4v) is 2.33. The van der Waals surface area contributed by atoms with E-state index < -0.39 is 0 Å². The van der Waals surface area contributed by atoms with Crippen LogP contribution in [-0.2, 0) is 13.5 Å². The average Bonchev–Trinajstić information content (AvgIpc) is 2.68. The Kier molecular flexibility index (Phi) is 3.82. The van der Waals surface area contributed by atoms with E-state index in [9.17, 15) is 0 Å². The molecule has 0 fully saturated rings. The molecule has 1 N–H and O–H groups in total. The third kappa shape index (κ3) is 2.46. The second-order valence-electron chi connectivity index (χ2n) is 4.82. The first-order valence-corrected chi connectivity index (χ1v) is 6.36. The summed E-state index contributed by atoms with van der Waals surface area (Å²) in [5.74, 6) is 0. The first-order valence-electron chi connectivity index (χ1n) is 6.36. The van der Waals surface area contributed by atoms with Crippen LogP contribution in [0.15, 0.2) is 24.5 Å². The van der Waals surface area contributed by atoms with Crippen LogP contribution in [0.5, 0.6) is 0 Å². The van der Waals surface area contributed by atoms with Gasteiger partial charge in [-0.2, -0.15) is 0 Å². The first kappa shape index (κ1) is 12.8. The molecule has 0 spiro atoms. The van der Waals surface area contributed by atoms with Gasteiger partial charge in [-0.25, -0.2) is 4.98 Å². The topological polar surface area (TPSA) is 29.9 Å². The van der Waals surface area contributed by atoms with Crippen LogP contribution >= 0.6 is 0 Å². The van der Waals surface area contributed by atoms with Gasteiger partial charge in [-0.3, -0.25) is 0 Å². The maximum Gasteiger partial charge on any atom is 0.0951 e. The third-order valence-corrected chi connectivity index (χ3v) is 3.26. The number of nitrogens with zero attached hydrogens (tertiary/aromatic N) is 2. The second kappa shape index (κ2) is 5.36. The van der Waals surface area contributed by atoms with E-state index in [1.807, 2.05) is 13.4 Å². The van der Waals surface area contributed by atoms with Crippen LogP contribution in [0.3, 0.4) is 0 Å². The first-order chi connectivity index (χ1) is 8.63. The summed E-state index contributed by atoms with van der Waals surface area (Å²) >= 11 is 0. The lowest BCUT2D eigenvalue weighted by atomic mass is 10.0. The molecule has 0 saturated carbocycles. The van der Waals surface area contributed by atoms with Gasteiger partial charge in [0.15, 0.2) is 0 Å². The standard InChI is InChI=1S/C15H21N3/c1-11-5-6-13(12(2)9-11)15-14(7-8-16-3)17-10-18(15)4/h5-6,9-10,16H,7-8H2,1-4H3. The van der Waals surface area contributed by atoms with Crippen LogP contribution in [0.4, 0.5) is 0 Å². The Morgan fingerprint density at radius 2 is 2.06 bits per heavy atom. The monoisotopic (exact) mass is 243 g/mol. The third-order valence-electron chi connectivity index (χ3n) is 3.26. The number of benzene rings is 1. The maximum absolute atomic E-state index is 4.52. The van der Waals surface area contributed by atoms with Crippen molar-refractivity contribution in [3.05, 3.63) is 41.3 Å². The molecular formula is C15H21N3. The van der Waals surface area contributed by atoms with E-state index in [0.29, 0.717) is 0 Å². The molecule has 1 aromatic carbocycles. The zero-order chi connectivity index (χ0) is 13.1. The quantitative estimate of drug-likeness (QED) is 0.894. The van der Waals surface area contributed by atoms with Crippen LogP contribution < -0.4 is 5.32 Å². The maximum atomic E-state index is 4.52. The highest BCUT2D eigenvalue weighted by Crippen LogP contribution is 2.26. The Labute approximate surface area is 109 Å². The molecule has 0 amide bonds. The Hall–Kier alpha value is -1.61. The summed E-state index contributed by atoms with van der Waals surface area (Å²) < 4.78 is 2.11. The van der Waals surface area contributed by atoms with Crippen molar-refractivity contribution in [3.63, 3.8) is 0 Å². The number of likely N-dealkylation sites (N-methyl/N-ethyl adjacent to an activating group) is 1. The molecule has 0 saturated heterocycles. The molecule has 0 radical (unpaired) electrons. The van der Waals surface area contributed by atoms with E-state index in [-0.39, 0.29) is 0 Å². The molecule has 1 heterocycles. The number of nitrogens with one attached hydrogen (secondary N) is 1. The van der Waals surface area contributed by atoms with Gasteiger partial charge in [0.1, 0.15) is 0 Å². The molecule has 96 valence electrons. The van der Waals surface area contributed by atoms with Gasteiger partial charge < -0.3 is 9.88 Å². The number of imidazole rings is 1. The number of hydrogen-bond acceptors (Lipinski definition) is 2. The van der Waals surface area contributed by atoms with Crippen molar-refractivity contribution in [1.82, 2.24) is 14.9 Å². The summed E-state index contributed by atoms with van der Waals surface area (Å²) in [7, 11) is 4.03. The summed E-state index contributed by atoms with van der Waals surface area (Å²) in [5.41, 5.74) is 6.30. The van der Waals surface area contributed by atoms with E-state index in [1.54, 1.807) is 0 Å². The predicted molar refractivity (Wildman–Crippen MR) is 75.7 cm³/mol. The minimum absolute atomic E-state index is 0.953. The van der Waals surface area contributed by atoms with Crippen molar-refractivity contribution in [2.45, 2.75) is 20.3 Å². The highest BCUT2D eigenvalue weighted by molar-refractivity contribution is 5.66. The summed E-state index contributed by atoms with van der Waals surface area (Å²) in [6, 6.07) is 6.59. The lowest BCUT2D eigenvalue weighted by molar-refractivity contribution is 0.780. The number of hydrogen-bond donors (Lipinski definition) is 1. The van der Waals surface area contributed by atoms with Crippen molar-refractivity contribution in [2.24, 2.45) is 7.05 Å². The SMILES string of the molecule is CNCCc1ncn(C)c1-c1ccc(C)cc1C. The molecule has 0 atom stereocenters. The van der Waals surface area contributed by atoms with Crippen LogP contribution in [-0.4, -0.2) is 23.1 Å². The van der Waals surface area contributed by atoms with E-state index in [4.69, 9.17) is 0 Å². The Morgan fingerprint density at radius 1 is 1.28 bits per heavy atom. The number of aromatic nitrogens is 2. The Morgan fingerprint density at radius 3 is 2.72 bits per heavy atom. The molecule has 2 aromatic rings. The Balaban J connectivity index is 2.45. The summed E-state index contributed by atoms with van der Waals surface area (Å²) in [4.78, 5) is 4.52. The van der Waals surface area contributed by atoms with Crippen molar-refractivity contribution < 1.29 is 0 Å². The molecule has 3 heteroatoms. The van der Waals surface area contributed by atoms with E-state index in [0.717, 1.165) is 13.0 Å². The van der Waals surface area contributed by atoms with Crippen LogP contribution in [0.1, 0.15) is 16.8 Å². The van der Waals surface area contributed by atoms with Gasteiger partial charge in [0.05, 0.1) is 17.7 Å². The lowest BCUT2D eigenvalue weighted by Crippen LogP contribution is -2.11. The zero-order valence-electron chi connectivity index (χ0n) is 11.6. The fourth-order valence-electron chi connectivity index (χ4n) is 2.33. The summed E-state index contributed by atoms with van der Waals surface area (Å²) in [6.45, 7) is 5.24. The van der Waals surface area contributed by atoms with Gasteiger partial charge in [-0.1, -0.05) is 23.8 Å². The molecule has 18 heavy (non-hydrogen) atoms. The smallest absolute Gasteiger partial charge is 0.0951 e. The molecule has 0 aliphatic rings. The molecule has 0 bridgehead atoms. The summed E-state index contributed by atoms with van der Waals surface area (Å²) in [5, 5.41) is 3.18. The molecule has 0 aliphatic heterocycles. The van der Waals surface area contributed by atoms with Crippen molar-refractivity contribution >= 4 is 0 Å². The van der Waals surface area contributed by atoms with Gasteiger partial charge in [-0.05, 0) is 26.5 Å². The highest BCUT2D eigenvalue weighted by Gasteiger charge is 2.12. The van der Waals surface area contributed by atoms with Crippen molar-refractivity contribution in [3.8, 4) is 11.3 Å². The normalized spacial score (nSPS) is 10.9. The van der Waals surface area contributed by atoms with Crippen molar-refractivity contribution in [2.75, 3.05) is 13.6 Å². The molecule has 2 rings (SSSR count). The van der Waals surface area contributed by atoms with Crippen LogP contribution in [0.2, 0.25) is 0 Å². The molecule has 0 unspecified atom stereocenters. The minimum atomic E-state index is 0.953. The van der Waals surface area contributed by atoms with Crippen LogP contribution in [0.25, 0.3) is 11.3 Å². The molecular weight excluding hydrogens is 222 g/mol. The molecule has 1 aromatic heterocycles. The predicted octanol–water partition coefficient (Wildman–Crippen LogP) is 2.47. The lowest BCUT2D eigenvalue weighted by Gasteiger charge is -2.10. The van der Waals surface area contributed by atoms with Gasteiger partial charge in [0.2, 0.25) is 0 Å². The summed E-state index contributed by atoms with van der Waals surface area (Å²) in [6.07, 6.45) is 2.86. The molecule has 0 aliphatic carbocycles. The van der Waals surface area contributed by atoms with Gasteiger partial charge in [-0.15, -0.1) is 0 Å². The van der Waals surface area contributed by atoms with E-state index in [2.05, 4.69) is 54.0 Å². The van der Waals surface area contributed by atoms with Gasteiger partial charge in [0.25, 0.3) is 0 Å². The van der Waals surface area contributed by atoms with E-state index >= 15 is 0 Å². The Bertz CT molecular complexity index is 541. The zero-order valence-corrected chi connectivity index (χ0v) is 11.6. The largest absolute Gasteiger partial charge is 0.334 e. The van der Waals surface area contributed by atoms with E-state index in [1.165, 1.54) is 28.1 Å². The highest BCUT2D eigenvalue weighted by atomic mass is 15.0. The number of aryl methyl sites for hydroxylation is 3. The van der Waals surface area contributed by atoms with Crippen molar-refractivity contribution in [1.29, 1.82) is 0 Å². The van der Waals surface area contributed by atoms with Gasteiger partial charge >= 0.3 is 0 Å². The number of rotatable bonds is 4. The fraction of sp³-hybridized carbons (Fsp3) is 0.400. The minimum Gasteiger partial charge on any atom is -0.334 e. The van der Waals surface area contributed by atoms with Gasteiger partial charge in [0, 0.05) is 25.6 Å². The average molecular weight is 243 g/mol. The van der Waals surface area contributed by atoms with Crippen LogP contribution in [0, 0.1) is 13.8 Å².